The van der Waals surface area contributed by atoms with Crippen LogP contribution in [-0.4, -0.2) is 35.5 Å². The van der Waals surface area contributed by atoms with Gasteiger partial charge in [-0.3, -0.25) is 4.79 Å². The maximum absolute atomic E-state index is 12.1. The third-order valence-electron chi connectivity index (χ3n) is 3.53. The highest BCUT2D eigenvalue weighted by molar-refractivity contribution is 7.11. The van der Waals surface area contributed by atoms with E-state index in [0.29, 0.717) is 4.88 Å². The van der Waals surface area contributed by atoms with Gasteiger partial charge in [0.25, 0.3) is 5.91 Å². The van der Waals surface area contributed by atoms with Gasteiger partial charge in [0, 0.05) is 12.1 Å². The Morgan fingerprint density at radius 2 is 2.05 bits per heavy atom. The van der Waals surface area contributed by atoms with Crippen LogP contribution in [0.25, 0.3) is 0 Å². The first-order valence-corrected chi connectivity index (χ1v) is 7.49. The molecule has 0 unspecified atom stereocenters. The summed E-state index contributed by atoms with van der Waals surface area (Å²) in [5.41, 5.74) is 0. The summed E-state index contributed by atoms with van der Waals surface area (Å²) in [7, 11) is 0. The first-order chi connectivity index (χ1) is 9.09. The number of hydrogen-bond acceptors (Lipinski definition) is 4. The molecule has 0 aliphatic carbocycles. The van der Waals surface area contributed by atoms with Gasteiger partial charge in [0.15, 0.2) is 6.61 Å². The minimum absolute atomic E-state index is 0.0930. The highest BCUT2D eigenvalue weighted by Crippen LogP contribution is 2.22. The number of likely N-dealkylation sites (tertiary alicyclic amines) is 1. The van der Waals surface area contributed by atoms with E-state index in [0.717, 1.165) is 19.3 Å². The van der Waals surface area contributed by atoms with Crippen molar-refractivity contribution in [2.75, 3.05) is 6.61 Å². The van der Waals surface area contributed by atoms with E-state index in [2.05, 4.69) is 13.8 Å². The third kappa shape index (κ3) is 3.35. The van der Waals surface area contributed by atoms with Crippen LogP contribution < -0.4 is 0 Å². The number of ether oxygens (including phenoxy) is 1. The van der Waals surface area contributed by atoms with Gasteiger partial charge in [0.2, 0.25) is 0 Å². The molecule has 1 aromatic heterocycles. The fourth-order valence-corrected chi connectivity index (χ4v) is 3.20. The SMILES string of the molecule is C[C@H]1CCC[C@H](C)N1C(=O)COC(=O)c1cccs1. The van der Waals surface area contributed by atoms with Crippen LogP contribution in [0.2, 0.25) is 0 Å². The van der Waals surface area contributed by atoms with Crippen LogP contribution in [0.1, 0.15) is 42.8 Å². The Labute approximate surface area is 117 Å². The third-order valence-corrected chi connectivity index (χ3v) is 4.38. The highest BCUT2D eigenvalue weighted by atomic mass is 32.1. The van der Waals surface area contributed by atoms with E-state index in [-0.39, 0.29) is 24.6 Å². The van der Waals surface area contributed by atoms with Gasteiger partial charge in [-0.2, -0.15) is 0 Å². The molecule has 104 valence electrons. The molecule has 1 aliphatic heterocycles. The number of carbonyl (C=O) groups is 2. The van der Waals surface area contributed by atoms with Crippen molar-refractivity contribution in [3.63, 3.8) is 0 Å². The van der Waals surface area contributed by atoms with Gasteiger partial charge < -0.3 is 9.64 Å². The van der Waals surface area contributed by atoms with Gasteiger partial charge in [0.1, 0.15) is 4.88 Å². The van der Waals surface area contributed by atoms with Crippen molar-refractivity contribution in [1.82, 2.24) is 4.90 Å². The summed E-state index contributed by atoms with van der Waals surface area (Å²) < 4.78 is 5.08. The fraction of sp³-hybridized carbons (Fsp3) is 0.571. The molecule has 19 heavy (non-hydrogen) atoms. The maximum atomic E-state index is 12.1. The summed E-state index contributed by atoms with van der Waals surface area (Å²) in [5, 5.41) is 1.81. The molecular formula is C14H19NO3S. The van der Waals surface area contributed by atoms with Crippen LogP contribution in [0.5, 0.6) is 0 Å². The Kier molecular flexibility index (Phi) is 4.58. The molecule has 0 N–H and O–H groups in total. The van der Waals surface area contributed by atoms with Crippen molar-refractivity contribution < 1.29 is 14.3 Å². The summed E-state index contributed by atoms with van der Waals surface area (Å²) in [6, 6.07) is 3.95. The van der Waals surface area contributed by atoms with E-state index < -0.39 is 5.97 Å². The topological polar surface area (TPSA) is 46.6 Å². The molecule has 4 nitrogen and oxygen atoms in total. The van der Waals surface area contributed by atoms with Gasteiger partial charge in [-0.25, -0.2) is 4.79 Å². The smallest absolute Gasteiger partial charge is 0.348 e. The standard InChI is InChI=1S/C14H19NO3S/c1-10-5-3-6-11(2)15(10)13(16)9-18-14(17)12-7-4-8-19-12/h4,7-8,10-11H,3,5-6,9H2,1-2H3/t10-,11-/m0/s1. The molecule has 0 saturated carbocycles. The van der Waals surface area contributed by atoms with Crippen LogP contribution >= 0.6 is 11.3 Å². The molecule has 5 heteroatoms. The lowest BCUT2D eigenvalue weighted by molar-refractivity contribution is -0.140. The van der Waals surface area contributed by atoms with E-state index >= 15 is 0 Å². The second kappa shape index (κ2) is 6.19. The van der Waals surface area contributed by atoms with Gasteiger partial charge in [-0.05, 0) is 44.6 Å². The molecule has 1 aliphatic rings. The van der Waals surface area contributed by atoms with Crippen molar-refractivity contribution in [1.29, 1.82) is 0 Å². The summed E-state index contributed by atoms with van der Waals surface area (Å²) in [6.45, 7) is 3.94. The van der Waals surface area contributed by atoms with Crippen molar-refractivity contribution in [3.05, 3.63) is 22.4 Å². The number of hydrogen-bond donors (Lipinski definition) is 0. The zero-order valence-electron chi connectivity index (χ0n) is 11.3. The van der Waals surface area contributed by atoms with Gasteiger partial charge in [-0.1, -0.05) is 6.07 Å². The average Bonchev–Trinajstić information content (AvgIpc) is 2.89. The van der Waals surface area contributed by atoms with Crippen molar-refractivity contribution in [3.8, 4) is 0 Å². The summed E-state index contributed by atoms with van der Waals surface area (Å²) in [6.07, 6.45) is 3.20. The monoisotopic (exact) mass is 281 g/mol. The Bertz CT molecular complexity index is 434. The second-order valence-corrected chi connectivity index (χ2v) is 5.93. The van der Waals surface area contributed by atoms with Gasteiger partial charge in [-0.15, -0.1) is 11.3 Å². The molecule has 0 radical (unpaired) electrons. The van der Waals surface area contributed by atoms with Crippen molar-refractivity contribution >= 4 is 23.2 Å². The van der Waals surface area contributed by atoms with Gasteiger partial charge >= 0.3 is 5.97 Å². The number of rotatable bonds is 3. The molecule has 1 amide bonds. The van der Waals surface area contributed by atoms with E-state index in [4.69, 9.17) is 4.74 Å². The highest BCUT2D eigenvalue weighted by Gasteiger charge is 2.29. The van der Waals surface area contributed by atoms with E-state index in [9.17, 15) is 9.59 Å². The molecule has 0 spiro atoms. The number of carbonyl (C=O) groups excluding carboxylic acids is 2. The number of esters is 1. The summed E-state index contributed by atoms with van der Waals surface area (Å²) in [5.74, 6) is -0.509. The quantitative estimate of drug-likeness (QED) is 0.800. The zero-order valence-corrected chi connectivity index (χ0v) is 12.1. The Balaban J connectivity index is 1.88. The zero-order chi connectivity index (χ0) is 13.8. The number of thiophene rings is 1. The predicted octanol–water partition coefficient (Wildman–Crippen LogP) is 2.69. The molecular weight excluding hydrogens is 262 g/mol. The normalized spacial score (nSPS) is 23.2. The lowest BCUT2D eigenvalue weighted by Crippen LogP contribution is -2.49. The largest absolute Gasteiger partial charge is 0.451 e. The maximum Gasteiger partial charge on any atom is 0.348 e. The van der Waals surface area contributed by atoms with Crippen LogP contribution in [0.15, 0.2) is 17.5 Å². The molecule has 0 bridgehead atoms. The molecule has 2 rings (SSSR count). The van der Waals surface area contributed by atoms with Gasteiger partial charge in [0.05, 0.1) is 0 Å². The Morgan fingerprint density at radius 3 is 2.63 bits per heavy atom. The second-order valence-electron chi connectivity index (χ2n) is 4.98. The lowest BCUT2D eigenvalue weighted by Gasteiger charge is -2.38. The number of nitrogens with zero attached hydrogens (tertiary/aromatic N) is 1. The molecule has 1 aromatic rings. The van der Waals surface area contributed by atoms with Crippen molar-refractivity contribution in [2.45, 2.75) is 45.2 Å². The van der Waals surface area contributed by atoms with E-state index in [1.807, 2.05) is 10.3 Å². The van der Waals surface area contributed by atoms with Crippen LogP contribution in [-0.2, 0) is 9.53 Å². The number of amides is 1. The first kappa shape index (κ1) is 14.1. The lowest BCUT2D eigenvalue weighted by atomic mass is 9.97. The minimum atomic E-state index is -0.416. The predicted molar refractivity (Wildman–Crippen MR) is 74.2 cm³/mol. The van der Waals surface area contributed by atoms with E-state index in [1.54, 1.807) is 12.1 Å². The molecule has 0 aromatic carbocycles. The summed E-state index contributed by atoms with van der Waals surface area (Å²) in [4.78, 5) is 26.2. The Hall–Kier alpha value is -1.36. The van der Waals surface area contributed by atoms with Crippen LogP contribution in [0, 0.1) is 0 Å². The first-order valence-electron chi connectivity index (χ1n) is 6.61. The fourth-order valence-electron chi connectivity index (χ4n) is 2.58. The average molecular weight is 281 g/mol. The Morgan fingerprint density at radius 1 is 1.37 bits per heavy atom. The van der Waals surface area contributed by atoms with Crippen molar-refractivity contribution in [2.24, 2.45) is 0 Å². The van der Waals surface area contributed by atoms with Crippen LogP contribution in [0.4, 0.5) is 0 Å². The summed E-state index contributed by atoms with van der Waals surface area (Å²) >= 11 is 1.32. The number of piperidine rings is 1. The molecule has 2 atom stereocenters. The van der Waals surface area contributed by atoms with E-state index in [1.165, 1.54) is 11.3 Å². The van der Waals surface area contributed by atoms with Crippen LogP contribution in [0.3, 0.4) is 0 Å². The molecule has 1 fully saturated rings. The molecule has 2 heterocycles. The molecule has 1 saturated heterocycles. The minimum Gasteiger partial charge on any atom is -0.451 e.